The third-order valence-corrected chi connectivity index (χ3v) is 5.44. The van der Waals surface area contributed by atoms with E-state index in [-0.39, 0.29) is 5.91 Å². The van der Waals surface area contributed by atoms with E-state index in [1.807, 2.05) is 26.0 Å². The largest absolute Gasteiger partial charge is 0.497 e. The topological polar surface area (TPSA) is 54.5 Å². The average Bonchev–Trinajstić information content (AvgIpc) is 3.19. The van der Waals surface area contributed by atoms with Gasteiger partial charge in [-0.1, -0.05) is 6.07 Å². The summed E-state index contributed by atoms with van der Waals surface area (Å²) in [5.41, 5.74) is 2.00. The molecular formula is C18H23N3O2S. The number of methoxy groups -OCH3 is 1. The van der Waals surface area contributed by atoms with Crippen molar-refractivity contribution in [2.24, 2.45) is 5.92 Å². The number of anilines is 1. The Labute approximate surface area is 146 Å². The number of hydrogen-bond acceptors (Lipinski definition) is 5. The van der Waals surface area contributed by atoms with E-state index in [9.17, 15) is 4.79 Å². The van der Waals surface area contributed by atoms with Crippen LogP contribution in [0.4, 0.5) is 5.69 Å². The molecule has 0 radical (unpaired) electrons. The molecule has 1 N–H and O–H groups in total. The van der Waals surface area contributed by atoms with Crippen LogP contribution in [0.25, 0.3) is 0 Å². The molecule has 0 spiro atoms. The molecule has 1 aliphatic rings. The van der Waals surface area contributed by atoms with Crippen molar-refractivity contribution >= 4 is 22.9 Å². The molecule has 5 nitrogen and oxygen atoms in total. The number of amides is 1. The monoisotopic (exact) mass is 345 g/mol. The predicted molar refractivity (Wildman–Crippen MR) is 97.2 cm³/mol. The van der Waals surface area contributed by atoms with Crippen LogP contribution in [0.2, 0.25) is 0 Å². The van der Waals surface area contributed by atoms with E-state index in [1.165, 1.54) is 17.0 Å². The Morgan fingerprint density at radius 2 is 2.29 bits per heavy atom. The first-order valence-corrected chi connectivity index (χ1v) is 8.99. The molecule has 0 bridgehead atoms. The van der Waals surface area contributed by atoms with E-state index in [0.717, 1.165) is 40.8 Å². The van der Waals surface area contributed by atoms with Crippen molar-refractivity contribution in [2.75, 3.05) is 31.6 Å². The lowest BCUT2D eigenvalue weighted by atomic mass is 10.1. The number of carbonyl (C=O) groups is 1. The van der Waals surface area contributed by atoms with Crippen LogP contribution in [0, 0.1) is 19.8 Å². The molecule has 2 aromatic rings. The van der Waals surface area contributed by atoms with Crippen molar-refractivity contribution in [2.45, 2.75) is 20.3 Å². The number of benzene rings is 1. The number of nitrogens with zero attached hydrogens (tertiary/aromatic N) is 2. The fourth-order valence-electron chi connectivity index (χ4n) is 3.10. The Morgan fingerprint density at radius 3 is 3.00 bits per heavy atom. The highest BCUT2D eigenvalue weighted by Crippen LogP contribution is 2.26. The normalized spacial score (nSPS) is 17.1. The Kier molecular flexibility index (Phi) is 5.04. The summed E-state index contributed by atoms with van der Waals surface area (Å²) in [4.78, 5) is 19.7. The molecule has 1 aliphatic heterocycles. The van der Waals surface area contributed by atoms with Crippen LogP contribution in [-0.2, 0) is 0 Å². The molecule has 0 aliphatic carbocycles. The van der Waals surface area contributed by atoms with Crippen LogP contribution in [0.15, 0.2) is 24.3 Å². The van der Waals surface area contributed by atoms with Crippen LogP contribution in [0.5, 0.6) is 5.75 Å². The highest BCUT2D eigenvalue weighted by molar-refractivity contribution is 7.13. The first-order chi connectivity index (χ1) is 11.6. The van der Waals surface area contributed by atoms with Crippen LogP contribution in [0.3, 0.4) is 0 Å². The van der Waals surface area contributed by atoms with Crippen molar-refractivity contribution in [3.05, 3.63) is 39.8 Å². The van der Waals surface area contributed by atoms with Crippen molar-refractivity contribution in [1.29, 1.82) is 0 Å². The second kappa shape index (κ2) is 7.21. The molecule has 1 saturated heterocycles. The molecule has 1 aromatic carbocycles. The van der Waals surface area contributed by atoms with E-state index in [2.05, 4.69) is 27.3 Å². The fraction of sp³-hybridized carbons (Fsp3) is 0.444. The van der Waals surface area contributed by atoms with E-state index >= 15 is 0 Å². The summed E-state index contributed by atoms with van der Waals surface area (Å²) in [6.07, 6.45) is 1.08. The highest BCUT2D eigenvalue weighted by atomic mass is 32.1. The maximum atomic E-state index is 12.3. The van der Waals surface area contributed by atoms with Crippen LogP contribution < -0.4 is 15.0 Å². The minimum atomic E-state index is -0.00192. The maximum absolute atomic E-state index is 12.3. The summed E-state index contributed by atoms with van der Waals surface area (Å²) < 4.78 is 5.29. The van der Waals surface area contributed by atoms with Crippen molar-refractivity contribution < 1.29 is 9.53 Å². The molecule has 1 atom stereocenters. The van der Waals surface area contributed by atoms with Gasteiger partial charge in [0.1, 0.15) is 10.6 Å². The molecule has 0 saturated carbocycles. The van der Waals surface area contributed by atoms with E-state index < -0.39 is 0 Å². The van der Waals surface area contributed by atoms with Crippen molar-refractivity contribution in [1.82, 2.24) is 10.3 Å². The van der Waals surface area contributed by atoms with Gasteiger partial charge in [0.05, 0.1) is 17.8 Å². The molecule has 6 heteroatoms. The van der Waals surface area contributed by atoms with Gasteiger partial charge in [-0.15, -0.1) is 11.3 Å². The van der Waals surface area contributed by atoms with Crippen molar-refractivity contribution in [3.8, 4) is 5.75 Å². The predicted octanol–water partition coefficient (Wildman–Crippen LogP) is 3.02. The third-order valence-electron chi connectivity index (χ3n) is 4.37. The Hall–Kier alpha value is -2.08. The van der Waals surface area contributed by atoms with Gasteiger partial charge in [-0.3, -0.25) is 4.79 Å². The van der Waals surface area contributed by atoms with Gasteiger partial charge in [0.2, 0.25) is 0 Å². The molecule has 128 valence electrons. The van der Waals surface area contributed by atoms with Gasteiger partial charge in [0, 0.05) is 31.4 Å². The molecular weight excluding hydrogens is 322 g/mol. The lowest BCUT2D eigenvalue weighted by Gasteiger charge is -2.19. The number of ether oxygens (including phenoxy) is 1. The molecule has 1 fully saturated rings. The standard InChI is InChI=1S/C18H23N3O2S/c1-12-17(24-13(2)20-12)18(22)19-10-14-7-8-21(11-14)15-5-4-6-16(9-15)23-3/h4-6,9,14H,7-8,10-11H2,1-3H3,(H,19,22)/t14-/m0/s1. The smallest absolute Gasteiger partial charge is 0.263 e. The molecule has 24 heavy (non-hydrogen) atoms. The molecule has 2 heterocycles. The number of thiazole rings is 1. The van der Waals surface area contributed by atoms with Crippen molar-refractivity contribution in [3.63, 3.8) is 0 Å². The molecule has 1 aromatic heterocycles. The summed E-state index contributed by atoms with van der Waals surface area (Å²) in [5, 5.41) is 4.00. The summed E-state index contributed by atoms with van der Waals surface area (Å²) in [6.45, 7) is 6.48. The van der Waals surface area contributed by atoms with E-state index in [0.29, 0.717) is 12.5 Å². The summed E-state index contributed by atoms with van der Waals surface area (Å²) in [5.74, 6) is 1.34. The molecule has 3 rings (SSSR count). The summed E-state index contributed by atoms with van der Waals surface area (Å²) in [7, 11) is 1.69. The zero-order chi connectivity index (χ0) is 17.1. The number of rotatable bonds is 5. The minimum absolute atomic E-state index is 0.00192. The number of aromatic nitrogens is 1. The zero-order valence-electron chi connectivity index (χ0n) is 14.3. The number of hydrogen-bond donors (Lipinski definition) is 1. The molecule has 0 unspecified atom stereocenters. The average molecular weight is 345 g/mol. The number of carbonyl (C=O) groups excluding carboxylic acids is 1. The Morgan fingerprint density at radius 1 is 1.46 bits per heavy atom. The summed E-state index contributed by atoms with van der Waals surface area (Å²) >= 11 is 1.46. The lowest BCUT2D eigenvalue weighted by Crippen LogP contribution is -2.30. The van der Waals surface area contributed by atoms with Gasteiger partial charge in [0.25, 0.3) is 5.91 Å². The minimum Gasteiger partial charge on any atom is -0.497 e. The van der Waals surface area contributed by atoms with Gasteiger partial charge >= 0.3 is 0 Å². The highest BCUT2D eigenvalue weighted by Gasteiger charge is 2.24. The van der Waals surface area contributed by atoms with Crippen LogP contribution in [0.1, 0.15) is 26.8 Å². The first-order valence-electron chi connectivity index (χ1n) is 8.18. The van der Waals surface area contributed by atoms with Gasteiger partial charge < -0.3 is 15.0 Å². The zero-order valence-corrected chi connectivity index (χ0v) is 15.2. The van der Waals surface area contributed by atoms with Gasteiger partial charge in [-0.2, -0.15) is 0 Å². The van der Waals surface area contributed by atoms with E-state index in [4.69, 9.17) is 4.74 Å². The first kappa shape index (κ1) is 16.8. The molecule has 1 amide bonds. The second-order valence-electron chi connectivity index (χ2n) is 6.16. The maximum Gasteiger partial charge on any atom is 0.263 e. The number of nitrogens with one attached hydrogen (secondary N) is 1. The van der Waals surface area contributed by atoms with Crippen LogP contribution in [-0.4, -0.2) is 37.6 Å². The SMILES string of the molecule is COc1cccc(N2CC[C@@H](CNC(=O)c3sc(C)nc3C)C2)c1. The summed E-state index contributed by atoms with van der Waals surface area (Å²) in [6, 6.07) is 8.13. The van der Waals surface area contributed by atoms with Gasteiger partial charge in [0.15, 0.2) is 0 Å². The second-order valence-corrected chi connectivity index (χ2v) is 7.36. The number of aryl methyl sites for hydroxylation is 2. The van der Waals surface area contributed by atoms with Crippen LogP contribution >= 0.6 is 11.3 Å². The fourth-order valence-corrected chi connectivity index (χ4v) is 3.94. The Bertz CT molecular complexity index is 729. The quantitative estimate of drug-likeness (QED) is 0.905. The van der Waals surface area contributed by atoms with Gasteiger partial charge in [-0.05, 0) is 38.3 Å². The third kappa shape index (κ3) is 3.70. The lowest BCUT2D eigenvalue weighted by molar-refractivity contribution is 0.0951. The van der Waals surface area contributed by atoms with Gasteiger partial charge in [-0.25, -0.2) is 4.98 Å². The van der Waals surface area contributed by atoms with E-state index in [1.54, 1.807) is 7.11 Å². The Balaban J connectivity index is 1.54.